The fourth-order valence-corrected chi connectivity index (χ4v) is 4.08. The van der Waals surface area contributed by atoms with E-state index in [-0.39, 0.29) is 29.4 Å². The second-order valence-corrected chi connectivity index (χ2v) is 7.59. The van der Waals surface area contributed by atoms with Gasteiger partial charge in [-0.05, 0) is 25.5 Å². The molecule has 0 unspecified atom stereocenters. The smallest absolute Gasteiger partial charge is 0.266 e. The third-order valence-electron chi connectivity index (χ3n) is 5.48. The minimum atomic E-state index is -0.0533. The average Bonchev–Trinajstić information content (AvgIpc) is 3.33. The van der Waals surface area contributed by atoms with E-state index >= 15 is 0 Å². The summed E-state index contributed by atoms with van der Waals surface area (Å²) in [6.45, 7) is 4.46. The Balaban J connectivity index is 0.00000218. The van der Waals surface area contributed by atoms with E-state index < -0.39 is 0 Å². The van der Waals surface area contributed by atoms with Gasteiger partial charge in [-0.15, -0.1) is 0 Å². The van der Waals surface area contributed by atoms with Crippen molar-refractivity contribution in [2.45, 2.75) is 32.9 Å². The first-order valence-corrected chi connectivity index (χ1v) is 10.1. The van der Waals surface area contributed by atoms with Gasteiger partial charge in [-0.1, -0.05) is 29.8 Å². The Bertz CT molecular complexity index is 1080. The number of aryl methyl sites for hydroxylation is 1. The fourth-order valence-electron chi connectivity index (χ4n) is 4.08. The SMILES string of the molecule is Cc1ccc(-c2c[n+](CC(=O)Nc3ccc4c(c3)OCCO4)c3n2CCC3)cc1.[Br-]. The number of nitrogens with one attached hydrogen (secondary N) is 1. The summed E-state index contributed by atoms with van der Waals surface area (Å²) in [6, 6.07) is 14.1. The molecule has 0 bridgehead atoms. The lowest BCUT2D eigenvalue weighted by Crippen LogP contribution is -3.00. The number of hydrogen-bond donors (Lipinski definition) is 1. The zero-order valence-corrected chi connectivity index (χ0v) is 18.4. The van der Waals surface area contributed by atoms with E-state index in [2.05, 4.69) is 51.8 Å². The summed E-state index contributed by atoms with van der Waals surface area (Å²) in [6.07, 6.45) is 4.20. The van der Waals surface area contributed by atoms with Gasteiger partial charge >= 0.3 is 0 Å². The minimum absolute atomic E-state index is 0. The Kier molecular flexibility index (Phi) is 5.81. The molecular formula is C23H24BrN3O3. The molecule has 5 rings (SSSR count). The summed E-state index contributed by atoms with van der Waals surface area (Å²) in [5, 5.41) is 2.98. The standard InChI is InChI=1S/C23H23N3O3.BrH/c1-16-4-6-17(7-5-16)19-14-25(23-3-2-10-26(19)23)15-22(27)24-18-8-9-20-21(13-18)29-12-11-28-20;/h4-9,13-14H,2-3,10-12,15H2,1H3;1H. The van der Waals surface area contributed by atoms with Crippen LogP contribution < -0.4 is 36.3 Å². The molecule has 3 heterocycles. The summed E-state index contributed by atoms with van der Waals surface area (Å²) in [5.74, 6) is 2.55. The normalized spacial score (nSPS) is 14.0. The van der Waals surface area contributed by atoms with Crippen LogP contribution in [-0.4, -0.2) is 23.7 Å². The van der Waals surface area contributed by atoms with Crippen molar-refractivity contribution in [2.75, 3.05) is 18.5 Å². The van der Waals surface area contributed by atoms with E-state index in [4.69, 9.17) is 9.47 Å². The Labute approximate surface area is 186 Å². The van der Waals surface area contributed by atoms with Crippen molar-refractivity contribution in [3.05, 3.63) is 60.0 Å². The van der Waals surface area contributed by atoms with Crippen LogP contribution in [0.2, 0.25) is 0 Å². The van der Waals surface area contributed by atoms with Gasteiger partial charge in [0.2, 0.25) is 0 Å². The van der Waals surface area contributed by atoms with Crippen LogP contribution in [0.1, 0.15) is 17.8 Å². The van der Waals surface area contributed by atoms with Crippen LogP contribution in [0.3, 0.4) is 0 Å². The number of benzene rings is 2. The average molecular weight is 470 g/mol. The van der Waals surface area contributed by atoms with Crippen LogP contribution in [0.15, 0.2) is 48.7 Å². The van der Waals surface area contributed by atoms with E-state index in [0.29, 0.717) is 19.0 Å². The minimum Gasteiger partial charge on any atom is -1.00 e. The van der Waals surface area contributed by atoms with Gasteiger partial charge in [0.15, 0.2) is 23.7 Å². The molecule has 1 aromatic heterocycles. The van der Waals surface area contributed by atoms with E-state index in [0.717, 1.165) is 30.8 Å². The number of halogens is 1. The van der Waals surface area contributed by atoms with Crippen molar-refractivity contribution in [1.82, 2.24) is 4.57 Å². The molecule has 1 N–H and O–H groups in total. The molecule has 1 amide bonds. The number of hydrogen-bond acceptors (Lipinski definition) is 3. The quantitative estimate of drug-likeness (QED) is 0.551. The third-order valence-corrected chi connectivity index (χ3v) is 5.48. The van der Waals surface area contributed by atoms with Crippen LogP contribution in [0, 0.1) is 6.92 Å². The predicted molar refractivity (Wildman–Crippen MR) is 109 cm³/mol. The molecule has 2 aromatic carbocycles. The molecule has 156 valence electrons. The summed E-state index contributed by atoms with van der Waals surface area (Å²) in [4.78, 5) is 12.7. The largest absolute Gasteiger partial charge is 1.00 e. The molecular weight excluding hydrogens is 446 g/mol. The van der Waals surface area contributed by atoms with Crippen molar-refractivity contribution < 1.29 is 35.8 Å². The van der Waals surface area contributed by atoms with Crippen LogP contribution in [0.5, 0.6) is 11.5 Å². The zero-order valence-electron chi connectivity index (χ0n) is 16.9. The van der Waals surface area contributed by atoms with Crippen molar-refractivity contribution in [2.24, 2.45) is 0 Å². The molecule has 0 saturated carbocycles. The highest BCUT2D eigenvalue weighted by Crippen LogP contribution is 2.32. The van der Waals surface area contributed by atoms with Crippen molar-refractivity contribution in [3.63, 3.8) is 0 Å². The first-order valence-electron chi connectivity index (χ1n) is 10.1. The first kappa shape index (κ1) is 20.5. The summed E-state index contributed by atoms with van der Waals surface area (Å²) >= 11 is 0. The van der Waals surface area contributed by atoms with Gasteiger partial charge in [0, 0.05) is 17.3 Å². The second kappa shape index (κ2) is 8.52. The molecule has 0 aliphatic carbocycles. The van der Waals surface area contributed by atoms with Crippen molar-refractivity contribution in [1.29, 1.82) is 0 Å². The number of imidazole rings is 1. The number of fused-ring (bicyclic) bond motifs is 2. The van der Waals surface area contributed by atoms with Gasteiger partial charge < -0.3 is 31.8 Å². The van der Waals surface area contributed by atoms with E-state index in [1.54, 1.807) is 0 Å². The molecule has 2 aliphatic rings. The number of carbonyl (C=O) groups is 1. The van der Waals surface area contributed by atoms with Crippen LogP contribution in [-0.2, 0) is 24.3 Å². The van der Waals surface area contributed by atoms with Gasteiger partial charge in [0.25, 0.3) is 11.7 Å². The molecule has 0 fully saturated rings. The van der Waals surface area contributed by atoms with Crippen molar-refractivity contribution >= 4 is 11.6 Å². The van der Waals surface area contributed by atoms with Gasteiger partial charge in [0.1, 0.15) is 19.4 Å². The Morgan fingerprint density at radius 3 is 2.67 bits per heavy atom. The lowest BCUT2D eigenvalue weighted by molar-refractivity contribution is -0.690. The monoisotopic (exact) mass is 469 g/mol. The number of rotatable bonds is 4. The molecule has 0 radical (unpaired) electrons. The highest BCUT2D eigenvalue weighted by atomic mass is 79.9. The maximum Gasteiger partial charge on any atom is 0.266 e. The van der Waals surface area contributed by atoms with E-state index in [1.165, 1.54) is 22.6 Å². The van der Waals surface area contributed by atoms with Crippen LogP contribution in [0.4, 0.5) is 5.69 Å². The molecule has 7 heteroatoms. The van der Waals surface area contributed by atoms with Crippen LogP contribution in [0.25, 0.3) is 11.3 Å². The fraction of sp³-hybridized carbons (Fsp3) is 0.304. The predicted octanol–water partition coefficient (Wildman–Crippen LogP) is 0.111. The van der Waals surface area contributed by atoms with Crippen LogP contribution >= 0.6 is 0 Å². The number of ether oxygens (including phenoxy) is 2. The summed E-state index contributed by atoms with van der Waals surface area (Å²) < 4.78 is 15.6. The molecule has 0 saturated heterocycles. The number of aromatic nitrogens is 2. The molecule has 0 spiro atoms. The molecule has 3 aromatic rings. The number of carbonyl (C=O) groups excluding carboxylic acids is 1. The summed E-state index contributed by atoms with van der Waals surface area (Å²) in [7, 11) is 0. The van der Waals surface area contributed by atoms with Gasteiger partial charge in [0.05, 0.1) is 13.0 Å². The third kappa shape index (κ3) is 3.94. The van der Waals surface area contributed by atoms with Gasteiger partial charge in [-0.2, -0.15) is 0 Å². The maximum absolute atomic E-state index is 12.7. The Hall–Kier alpha value is -2.80. The first-order chi connectivity index (χ1) is 14.2. The Morgan fingerprint density at radius 1 is 1.10 bits per heavy atom. The number of anilines is 1. The topological polar surface area (TPSA) is 56.4 Å². The molecule has 2 aliphatic heterocycles. The lowest BCUT2D eigenvalue weighted by atomic mass is 10.1. The molecule has 6 nitrogen and oxygen atoms in total. The highest BCUT2D eigenvalue weighted by molar-refractivity contribution is 5.90. The van der Waals surface area contributed by atoms with E-state index in [1.807, 2.05) is 18.2 Å². The molecule has 0 atom stereocenters. The van der Waals surface area contributed by atoms with Gasteiger partial charge in [-0.3, -0.25) is 4.79 Å². The number of amides is 1. The number of nitrogens with zero attached hydrogens (tertiary/aromatic N) is 2. The highest BCUT2D eigenvalue weighted by Gasteiger charge is 2.29. The zero-order chi connectivity index (χ0) is 19.8. The summed E-state index contributed by atoms with van der Waals surface area (Å²) in [5.41, 5.74) is 4.32. The van der Waals surface area contributed by atoms with E-state index in [9.17, 15) is 4.79 Å². The molecule has 30 heavy (non-hydrogen) atoms. The maximum atomic E-state index is 12.7. The van der Waals surface area contributed by atoms with Crippen molar-refractivity contribution in [3.8, 4) is 22.8 Å². The Morgan fingerprint density at radius 2 is 1.87 bits per heavy atom. The van der Waals surface area contributed by atoms with Gasteiger partial charge in [-0.25, -0.2) is 9.13 Å². The second-order valence-electron chi connectivity index (χ2n) is 7.59. The lowest BCUT2D eigenvalue weighted by Gasteiger charge is -2.18.